The molecule has 0 spiro atoms. The lowest BCUT2D eigenvalue weighted by Gasteiger charge is -2.07. The maximum atomic E-state index is 10.6. The number of hydrogen-bond acceptors (Lipinski definition) is 2. The highest BCUT2D eigenvalue weighted by Gasteiger charge is 2.39. The Labute approximate surface area is 70.2 Å². The molecule has 0 amide bonds. The van der Waals surface area contributed by atoms with Gasteiger partial charge in [-0.1, -0.05) is 6.92 Å². The van der Waals surface area contributed by atoms with E-state index in [1.54, 1.807) is 6.92 Å². The maximum absolute atomic E-state index is 10.6. The highest BCUT2D eigenvalue weighted by molar-refractivity contribution is 5.75. The van der Waals surface area contributed by atoms with Crippen molar-refractivity contribution in [2.45, 2.75) is 19.8 Å². The van der Waals surface area contributed by atoms with Crippen LogP contribution in [0.15, 0.2) is 0 Å². The molecule has 0 aromatic heterocycles. The van der Waals surface area contributed by atoms with Gasteiger partial charge in [0.15, 0.2) is 0 Å². The molecule has 0 aliphatic heterocycles. The third-order valence-corrected chi connectivity index (χ3v) is 2.55. The first-order valence-corrected chi connectivity index (χ1v) is 3.98. The molecule has 1 aliphatic rings. The van der Waals surface area contributed by atoms with E-state index in [2.05, 4.69) is 0 Å². The summed E-state index contributed by atoms with van der Waals surface area (Å²) in [7, 11) is 0. The highest BCUT2D eigenvalue weighted by atomic mass is 16.4. The molecule has 0 aromatic rings. The van der Waals surface area contributed by atoms with Gasteiger partial charge in [-0.2, -0.15) is 0 Å². The molecule has 4 nitrogen and oxygen atoms in total. The molecule has 4 heteroatoms. The smallest absolute Gasteiger partial charge is 0.306 e. The molecular weight excluding hydrogens is 160 g/mol. The van der Waals surface area contributed by atoms with Crippen molar-refractivity contribution in [2.75, 3.05) is 0 Å². The molecule has 2 N–H and O–H groups in total. The van der Waals surface area contributed by atoms with Gasteiger partial charge in [-0.15, -0.1) is 0 Å². The molecule has 1 aliphatic carbocycles. The van der Waals surface area contributed by atoms with Gasteiger partial charge in [0.05, 0.1) is 11.8 Å². The standard InChI is InChI=1S/C8H12O4/c1-4-2-5(7(9)10)3-6(4)8(11)12/h4-6H,2-3H2,1H3,(H,9,10)(H,11,12). The molecular formula is C8H12O4. The summed E-state index contributed by atoms with van der Waals surface area (Å²) in [4.78, 5) is 21.1. The van der Waals surface area contributed by atoms with Crippen molar-refractivity contribution in [2.24, 2.45) is 17.8 Å². The van der Waals surface area contributed by atoms with Crippen molar-refractivity contribution >= 4 is 11.9 Å². The van der Waals surface area contributed by atoms with E-state index >= 15 is 0 Å². The van der Waals surface area contributed by atoms with E-state index in [9.17, 15) is 9.59 Å². The molecule has 1 saturated carbocycles. The Kier molecular flexibility index (Phi) is 2.35. The summed E-state index contributed by atoms with van der Waals surface area (Å²) < 4.78 is 0. The molecule has 12 heavy (non-hydrogen) atoms. The molecule has 0 saturated heterocycles. The molecule has 3 unspecified atom stereocenters. The van der Waals surface area contributed by atoms with Gasteiger partial charge in [-0.05, 0) is 18.8 Å². The van der Waals surface area contributed by atoms with Crippen LogP contribution in [0.4, 0.5) is 0 Å². The normalized spacial score (nSPS) is 34.9. The molecule has 1 rings (SSSR count). The summed E-state index contributed by atoms with van der Waals surface area (Å²) in [5.41, 5.74) is 0. The van der Waals surface area contributed by atoms with Crippen LogP contribution in [-0.2, 0) is 9.59 Å². The number of hydrogen-bond donors (Lipinski definition) is 2. The fourth-order valence-electron chi connectivity index (χ4n) is 1.79. The van der Waals surface area contributed by atoms with Crippen LogP contribution >= 0.6 is 0 Å². The van der Waals surface area contributed by atoms with Crippen LogP contribution in [0.1, 0.15) is 19.8 Å². The van der Waals surface area contributed by atoms with Gasteiger partial charge in [0.2, 0.25) is 0 Å². The average molecular weight is 172 g/mol. The Morgan fingerprint density at radius 1 is 1.17 bits per heavy atom. The van der Waals surface area contributed by atoms with E-state index < -0.39 is 23.8 Å². The van der Waals surface area contributed by atoms with E-state index in [1.165, 1.54) is 0 Å². The Morgan fingerprint density at radius 3 is 2.00 bits per heavy atom. The number of aliphatic carboxylic acids is 2. The highest BCUT2D eigenvalue weighted by Crippen LogP contribution is 2.36. The van der Waals surface area contributed by atoms with Crippen LogP contribution in [0.5, 0.6) is 0 Å². The van der Waals surface area contributed by atoms with E-state index in [0.717, 1.165) is 0 Å². The van der Waals surface area contributed by atoms with Crippen molar-refractivity contribution in [1.29, 1.82) is 0 Å². The first-order valence-electron chi connectivity index (χ1n) is 3.98. The minimum absolute atomic E-state index is 0.0106. The van der Waals surface area contributed by atoms with Crippen LogP contribution in [0.2, 0.25) is 0 Å². The Morgan fingerprint density at radius 2 is 1.75 bits per heavy atom. The fourth-order valence-corrected chi connectivity index (χ4v) is 1.79. The number of rotatable bonds is 2. The third-order valence-electron chi connectivity index (χ3n) is 2.55. The quantitative estimate of drug-likeness (QED) is 0.646. The largest absolute Gasteiger partial charge is 0.481 e. The molecule has 0 heterocycles. The summed E-state index contributed by atoms with van der Waals surface area (Å²) in [5, 5.41) is 17.3. The predicted molar refractivity (Wildman–Crippen MR) is 40.6 cm³/mol. The average Bonchev–Trinajstić information content (AvgIpc) is 2.30. The van der Waals surface area contributed by atoms with E-state index in [0.29, 0.717) is 6.42 Å². The fraction of sp³-hybridized carbons (Fsp3) is 0.750. The second-order valence-electron chi connectivity index (χ2n) is 3.43. The number of carbonyl (C=O) groups is 2. The molecule has 68 valence electrons. The third kappa shape index (κ3) is 1.57. The van der Waals surface area contributed by atoms with E-state index in [-0.39, 0.29) is 12.3 Å². The van der Waals surface area contributed by atoms with Crippen molar-refractivity contribution < 1.29 is 19.8 Å². The van der Waals surface area contributed by atoms with Gasteiger partial charge >= 0.3 is 11.9 Å². The van der Waals surface area contributed by atoms with Gasteiger partial charge in [-0.3, -0.25) is 9.59 Å². The van der Waals surface area contributed by atoms with Gasteiger partial charge in [-0.25, -0.2) is 0 Å². The van der Waals surface area contributed by atoms with E-state index in [1.807, 2.05) is 0 Å². The zero-order chi connectivity index (χ0) is 9.30. The van der Waals surface area contributed by atoms with Crippen molar-refractivity contribution in [3.05, 3.63) is 0 Å². The van der Waals surface area contributed by atoms with Crippen molar-refractivity contribution in [3.63, 3.8) is 0 Å². The monoisotopic (exact) mass is 172 g/mol. The summed E-state index contributed by atoms with van der Waals surface area (Å²) >= 11 is 0. The number of carboxylic acids is 2. The maximum Gasteiger partial charge on any atom is 0.306 e. The summed E-state index contributed by atoms with van der Waals surface area (Å²) in [6, 6.07) is 0. The van der Waals surface area contributed by atoms with Crippen LogP contribution in [0.25, 0.3) is 0 Å². The van der Waals surface area contributed by atoms with Gasteiger partial charge in [0.1, 0.15) is 0 Å². The minimum Gasteiger partial charge on any atom is -0.481 e. The minimum atomic E-state index is -0.870. The van der Waals surface area contributed by atoms with Crippen LogP contribution in [-0.4, -0.2) is 22.2 Å². The summed E-state index contributed by atoms with van der Waals surface area (Å²) in [6.45, 7) is 1.79. The molecule has 0 bridgehead atoms. The first-order chi connectivity index (χ1) is 5.52. The van der Waals surface area contributed by atoms with Gasteiger partial charge < -0.3 is 10.2 Å². The molecule has 1 fully saturated rings. The molecule has 3 atom stereocenters. The van der Waals surface area contributed by atoms with Crippen molar-refractivity contribution in [3.8, 4) is 0 Å². The zero-order valence-electron chi connectivity index (χ0n) is 6.86. The van der Waals surface area contributed by atoms with Crippen molar-refractivity contribution in [1.82, 2.24) is 0 Å². The lowest BCUT2D eigenvalue weighted by Crippen LogP contribution is -2.16. The van der Waals surface area contributed by atoms with Crippen LogP contribution in [0, 0.1) is 17.8 Å². The lowest BCUT2D eigenvalue weighted by molar-refractivity contribution is -0.143. The summed E-state index contributed by atoms with van der Waals surface area (Å²) in [5.74, 6) is -2.67. The van der Waals surface area contributed by atoms with Gasteiger partial charge in [0.25, 0.3) is 0 Å². The molecule has 0 radical (unpaired) electrons. The zero-order valence-corrected chi connectivity index (χ0v) is 6.86. The predicted octanol–water partition coefficient (Wildman–Crippen LogP) is 0.818. The Bertz CT molecular complexity index is 211. The second kappa shape index (κ2) is 3.13. The van der Waals surface area contributed by atoms with E-state index in [4.69, 9.17) is 10.2 Å². The number of carboxylic acid groups (broad SMARTS) is 2. The summed E-state index contributed by atoms with van der Waals surface area (Å²) in [6.07, 6.45) is 0.776. The SMILES string of the molecule is CC1CC(C(=O)O)CC1C(=O)O. The topological polar surface area (TPSA) is 74.6 Å². The second-order valence-corrected chi connectivity index (χ2v) is 3.43. The van der Waals surface area contributed by atoms with Gasteiger partial charge in [0, 0.05) is 0 Å². The molecule has 0 aromatic carbocycles. The van der Waals surface area contributed by atoms with Crippen LogP contribution in [0.3, 0.4) is 0 Å². The van der Waals surface area contributed by atoms with Crippen LogP contribution < -0.4 is 0 Å². The first kappa shape index (κ1) is 9.03. The Hall–Kier alpha value is -1.06. The Balaban J connectivity index is 2.62. The lowest BCUT2D eigenvalue weighted by atomic mass is 9.99.